The maximum Gasteiger partial charge on any atom is 0.244 e. The minimum atomic E-state index is -0.959. The fraction of sp³-hybridized carbons (Fsp3) is 0.300. The minimum Gasteiger partial charge on any atom is -0.495 e. The number of amides is 2. The Kier molecular flexibility index (Phi) is 8.25. The number of rotatable bonds is 9. The lowest BCUT2D eigenvalue weighted by Crippen LogP contribution is -2.39. The molecule has 0 fully saturated rings. The molecule has 2 amide bonds. The molecule has 0 aliphatic carbocycles. The first-order chi connectivity index (χ1) is 13.4. The van der Waals surface area contributed by atoms with Gasteiger partial charge in [-0.15, -0.1) is 11.8 Å². The lowest BCUT2D eigenvalue weighted by atomic mass is 10.3. The fourth-order valence-electron chi connectivity index (χ4n) is 2.48. The highest BCUT2D eigenvalue weighted by atomic mass is 32.2. The van der Waals surface area contributed by atoms with Crippen LogP contribution in [0.4, 0.5) is 14.5 Å². The van der Waals surface area contributed by atoms with Crippen LogP contribution in [0, 0.1) is 11.6 Å². The highest BCUT2D eigenvalue weighted by molar-refractivity contribution is 8.00. The van der Waals surface area contributed by atoms with Crippen molar-refractivity contribution in [2.75, 3.05) is 31.3 Å². The van der Waals surface area contributed by atoms with E-state index in [1.807, 2.05) is 6.92 Å². The van der Waals surface area contributed by atoms with Crippen LogP contribution in [0.15, 0.2) is 47.4 Å². The Labute approximate surface area is 167 Å². The van der Waals surface area contributed by atoms with Crippen LogP contribution in [0.2, 0.25) is 0 Å². The number of nitrogens with one attached hydrogen (secondary N) is 1. The van der Waals surface area contributed by atoms with Crippen LogP contribution in [-0.2, 0) is 9.59 Å². The summed E-state index contributed by atoms with van der Waals surface area (Å²) in [6, 6.07) is 10.5. The maximum absolute atomic E-state index is 13.3. The fourth-order valence-corrected chi connectivity index (χ4v) is 3.30. The minimum absolute atomic E-state index is 0.0208. The number of anilines is 1. The highest BCUT2D eigenvalue weighted by Crippen LogP contribution is 2.23. The molecule has 5 nitrogen and oxygen atoms in total. The summed E-state index contributed by atoms with van der Waals surface area (Å²) in [5.41, 5.74) is 0.523. The molecule has 0 aliphatic rings. The molecule has 0 spiro atoms. The van der Waals surface area contributed by atoms with Gasteiger partial charge in [0, 0.05) is 11.4 Å². The third-order valence-corrected chi connectivity index (χ3v) is 4.79. The van der Waals surface area contributed by atoms with Crippen LogP contribution in [0.1, 0.15) is 13.3 Å². The summed E-state index contributed by atoms with van der Waals surface area (Å²) >= 11 is 1.09. The number of thioether (sulfide) groups is 1. The number of nitrogens with zero attached hydrogens (tertiary/aromatic N) is 1. The SMILES string of the molecule is CCCN(CC(=O)Nc1ccccc1OC)C(=O)CSc1ccc(F)c(F)c1. The zero-order chi connectivity index (χ0) is 20.5. The van der Waals surface area contributed by atoms with Gasteiger partial charge in [-0.05, 0) is 36.8 Å². The number of methoxy groups -OCH3 is 1. The van der Waals surface area contributed by atoms with E-state index in [0.717, 1.165) is 23.9 Å². The summed E-state index contributed by atoms with van der Waals surface area (Å²) in [7, 11) is 1.51. The molecular weight excluding hydrogens is 386 g/mol. The molecule has 0 radical (unpaired) electrons. The number of para-hydroxylation sites is 2. The zero-order valence-corrected chi connectivity index (χ0v) is 16.5. The Bertz CT molecular complexity index is 833. The molecule has 150 valence electrons. The number of halogens is 2. The average molecular weight is 408 g/mol. The molecule has 0 bridgehead atoms. The molecule has 0 atom stereocenters. The van der Waals surface area contributed by atoms with E-state index >= 15 is 0 Å². The summed E-state index contributed by atoms with van der Waals surface area (Å²) in [4.78, 5) is 26.8. The first kappa shape index (κ1) is 21.7. The lowest BCUT2D eigenvalue weighted by molar-refractivity contribution is -0.132. The average Bonchev–Trinajstić information content (AvgIpc) is 2.68. The number of hydrogen-bond acceptors (Lipinski definition) is 4. The van der Waals surface area contributed by atoms with Crippen LogP contribution in [0.25, 0.3) is 0 Å². The Morgan fingerprint density at radius 3 is 2.57 bits per heavy atom. The molecule has 28 heavy (non-hydrogen) atoms. The molecule has 0 saturated carbocycles. The predicted octanol–water partition coefficient (Wildman–Crippen LogP) is 3.94. The summed E-state index contributed by atoms with van der Waals surface area (Å²) in [6.45, 7) is 2.21. The van der Waals surface area contributed by atoms with E-state index < -0.39 is 11.6 Å². The predicted molar refractivity (Wildman–Crippen MR) is 106 cm³/mol. The number of carbonyl (C=O) groups excluding carboxylic acids is 2. The number of carbonyl (C=O) groups is 2. The summed E-state index contributed by atoms with van der Waals surface area (Å²) in [6.07, 6.45) is 0.684. The lowest BCUT2D eigenvalue weighted by Gasteiger charge is -2.22. The van der Waals surface area contributed by atoms with Gasteiger partial charge in [-0.1, -0.05) is 19.1 Å². The van der Waals surface area contributed by atoms with Gasteiger partial charge < -0.3 is 15.0 Å². The van der Waals surface area contributed by atoms with E-state index in [2.05, 4.69) is 5.32 Å². The largest absolute Gasteiger partial charge is 0.495 e. The Balaban J connectivity index is 1.96. The number of benzene rings is 2. The van der Waals surface area contributed by atoms with Crippen LogP contribution in [-0.4, -0.2) is 42.7 Å². The van der Waals surface area contributed by atoms with Gasteiger partial charge in [-0.25, -0.2) is 8.78 Å². The quantitative estimate of drug-likeness (QED) is 0.639. The Morgan fingerprint density at radius 2 is 1.89 bits per heavy atom. The molecule has 1 N–H and O–H groups in total. The third kappa shape index (κ3) is 6.23. The molecule has 0 aliphatic heterocycles. The van der Waals surface area contributed by atoms with Crippen LogP contribution >= 0.6 is 11.8 Å². The van der Waals surface area contributed by atoms with E-state index in [-0.39, 0.29) is 24.1 Å². The van der Waals surface area contributed by atoms with Crippen LogP contribution in [0.3, 0.4) is 0 Å². The van der Waals surface area contributed by atoms with E-state index in [0.29, 0.717) is 29.3 Å². The van der Waals surface area contributed by atoms with Crippen molar-refractivity contribution in [1.29, 1.82) is 0 Å². The second-order valence-electron chi connectivity index (χ2n) is 5.93. The third-order valence-electron chi connectivity index (χ3n) is 3.82. The van der Waals surface area contributed by atoms with Crippen molar-refractivity contribution >= 4 is 29.3 Å². The molecule has 8 heteroatoms. The molecule has 2 rings (SSSR count). The monoisotopic (exact) mass is 408 g/mol. The smallest absolute Gasteiger partial charge is 0.244 e. The maximum atomic E-state index is 13.3. The molecule has 0 unspecified atom stereocenters. The normalized spacial score (nSPS) is 10.4. The molecular formula is C20H22F2N2O3S. The first-order valence-electron chi connectivity index (χ1n) is 8.73. The van der Waals surface area contributed by atoms with Gasteiger partial charge in [0.05, 0.1) is 25.1 Å². The van der Waals surface area contributed by atoms with E-state index in [1.54, 1.807) is 24.3 Å². The highest BCUT2D eigenvalue weighted by Gasteiger charge is 2.18. The van der Waals surface area contributed by atoms with Gasteiger partial charge in [-0.2, -0.15) is 0 Å². The van der Waals surface area contributed by atoms with Crippen molar-refractivity contribution in [1.82, 2.24) is 4.90 Å². The van der Waals surface area contributed by atoms with Gasteiger partial charge in [0.2, 0.25) is 11.8 Å². The Morgan fingerprint density at radius 1 is 1.14 bits per heavy atom. The molecule has 0 heterocycles. The van der Waals surface area contributed by atoms with Gasteiger partial charge in [0.15, 0.2) is 11.6 Å². The summed E-state index contributed by atoms with van der Waals surface area (Å²) < 4.78 is 31.5. The Hall–Kier alpha value is -2.61. The van der Waals surface area contributed by atoms with E-state index in [4.69, 9.17) is 4.74 Å². The van der Waals surface area contributed by atoms with Crippen molar-refractivity contribution in [2.24, 2.45) is 0 Å². The second kappa shape index (κ2) is 10.7. The van der Waals surface area contributed by atoms with Gasteiger partial charge in [0.1, 0.15) is 5.75 Å². The summed E-state index contributed by atoms with van der Waals surface area (Å²) in [5.74, 6) is -1.95. The van der Waals surface area contributed by atoms with E-state index in [1.165, 1.54) is 18.1 Å². The van der Waals surface area contributed by atoms with Crippen molar-refractivity contribution in [2.45, 2.75) is 18.2 Å². The van der Waals surface area contributed by atoms with Crippen molar-refractivity contribution in [3.05, 3.63) is 54.1 Å². The topological polar surface area (TPSA) is 58.6 Å². The summed E-state index contributed by atoms with van der Waals surface area (Å²) in [5, 5.41) is 2.74. The van der Waals surface area contributed by atoms with E-state index in [9.17, 15) is 18.4 Å². The van der Waals surface area contributed by atoms with Crippen LogP contribution in [0.5, 0.6) is 5.75 Å². The van der Waals surface area contributed by atoms with Crippen molar-refractivity contribution < 1.29 is 23.1 Å². The van der Waals surface area contributed by atoms with Crippen LogP contribution < -0.4 is 10.1 Å². The van der Waals surface area contributed by atoms with Crippen molar-refractivity contribution in [3.8, 4) is 5.75 Å². The second-order valence-corrected chi connectivity index (χ2v) is 6.98. The van der Waals surface area contributed by atoms with Gasteiger partial charge in [-0.3, -0.25) is 9.59 Å². The first-order valence-corrected chi connectivity index (χ1v) is 9.71. The zero-order valence-electron chi connectivity index (χ0n) is 15.7. The molecule has 0 aromatic heterocycles. The van der Waals surface area contributed by atoms with Gasteiger partial charge >= 0.3 is 0 Å². The van der Waals surface area contributed by atoms with Gasteiger partial charge in [0.25, 0.3) is 0 Å². The standard InChI is InChI=1S/C20H22F2N2O3S/c1-3-10-24(12-19(25)23-17-6-4-5-7-18(17)27-2)20(26)13-28-14-8-9-15(21)16(22)11-14/h4-9,11H,3,10,12-13H2,1-2H3,(H,23,25). The molecule has 0 saturated heterocycles. The van der Waals surface area contributed by atoms with Crippen molar-refractivity contribution in [3.63, 3.8) is 0 Å². The molecule has 2 aromatic carbocycles. The number of ether oxygens (including phenoxy) is 1. The number of hydrogen-bond donors (Lipinski definition) is 1. The molecule has 2 aromatic rings.